The van der Waals surface area contributed by atoms with Gasteiger partial charge in [0.15, 0.2) is 11.5 Å². The van der Waals surface area contributed by atoms with E-state index in [4.69, 9.17) is 4.42 Å². The lowest BCUT2D eigenvalue weighted by molar-refractivity contribution is -0.949. The fourth-order valence-corrected chi connectivity index (χ4v) is 3.39. The molecule has 2 aromatic carbocycles. The van der Waals surface area contributed by atoms with Gasteiger partial charge in [0.1, 0.15) is 13.1 Å². The first kappa shape index (κ1) is 20.9. The van der Waals surface area contributed by atoms with Crippen LogP contribution in [0.2, 0.25) is 0 Å². The Labute approximate surface area is 173 Å². The number of rotatable bonds is 7. The van der Waals surface area contributed by atoms with Crippen molar-refractivity contribution in [3.63, 3.8) is 0 Å². The number of furan rings is 1. The van der Waals surface area contributed by atoms with Crippen molar-refractivity contribution in [1.82, 2.24) is 0 Å². The van der Waals surface area contributed by atoms with E-state index in [0.717, 1.165) is 30.1 Å². The van der Waals surface area contributed by atoms with Crippen molar-refractivity contribution >= 4 is 11.6 Å². The summed E-state index contributed by atoms with van der Waals surface area (Å²) in [4.78, 5) is 14.0. The summed E-state index contributed by atoms with van der Waals surface area (Å²) in [6.07, 6.45) is 0. The summed E-state index contributed by atoms with van der Waals surface area (Å²) < 4.78 is 5.88. The van der Waals surface area contributed by atoms with Crippen LogP contribution in [0.15, 0.2) is 59.0 Å². The summed E-state index contributed by atoms with van der Waals surface area (Å²) in [7, 11) is 0. The summed E-state index contributed by atoms with van der Waals surface area (Å²) in [5.74, 6) is 0.952. The summed E-state index contributed by atoms with van der Waals surface area (Å²) in [5, 5.41) is 2.92. The van der Waals surface area contributed by atoms with Crippen molar-refractivity contribution in [2.24, 2.45) is 0 Å². The van der Waals surface area contributed by atoms with E-state index in [1.54, 1.807) is 6.07 Å². The molecule has 1 amide bonds. The van der Waals surface area contributed by atoms with Crippen LogP contribution < -0.4 is 10.2 Å². The zero-order valence-electron chi connectivity index (χ0n) is 18.0. The van der Waals surface area contributed by atoms with E-state index in [1.165, 1.54) is 21.6 Å². The first-order valence-electron chi connectivity index (χ1n) is 10.2. The largest absolute Gasteiger partial charge is 0.450 e. The van der Waals surface area contributed by atoms with Crippen LogP contribution in [0.5, 0.6) is 0 Å². The molecule has 29 heavy (non-hydrogen) atoms. The van der Waals surface area contributed by atoms with Gasteiger partial charge < -0.3 is 14.6 Å². The molecule has 2 N–H and O–H groups in total. The van der Waals surface area contributed by atoms with Crippen molar-refractivity contribution < 1.29 is 14.1 Å². The van der Waals surface area contributed by atoms with Crippen molar-refractivity contribution in [3.8, 4) is 0 Å². The highest BCUT2D eigenvalue weighted by molar-refractivity contribution is 6.02. The number of carbonyl (C=O) groups excluding carboxylic acids is 1. The minimum atomic E-state index is -0.218. The number of hydrogen-bond acceptors (Lipinski definition) is 2. The van der Waals surface area contributed by atoms with Gasteiger partial charge in [-0.1, -0.05) is 35.9 Å². The summed E-state index contributed by atoms with van der Waals surface area (Å²) >= 11 is 0. The zero-order chi connectivity index (χ0) is 21.0. The van der Waals surface area contributed by atoms with Gasteiger partial charge in [0, 0.05) is 11.3 Å². The minimum absolute atomic E-state index is 0.218. The molecular formula is C25H31N2O2+. The predicted octanol–water partition coefficient (Wildman–Crippen LogP) is 4.45. The molecule has 0 bridgehead atoms. The molecule has 0 spiro atoms. The van der Waals surface area contributed by atoms with Crippen molar-refractivity contribution in [3.05, 3.63) is 88.4 Å². The molecule has 3 aromatic rings. The van der Waals surface area contributed by atoms with Gasteiger partial charge in [0.2, 0.25) is 0 Å². The number of quaternary nitrogens is 1. The lowest BCUT2D eigenvalue weighted by Gasteiger charge is -2.22. The maximum atomic E-state index is 12.6. The molecule has 0 radical (unpaired) electrons. The highest BCUT2D eigenvalue weighted by Gasteiger charge is 2.19. The second kappa shape index (κ2) is 9.10. The molecule has 1 unspecified atom stereocenters. The number of benzene rings is 2. The molecule has 1 atom stereocenters. The third kappa shape index (κ3) is 5.58. The first-order valence-corrected chi connectivity index (χ1v) is 10.2. The molecule has 1 aromatic heterocycles. The summed E-state index contributed by atoms with van der Waals surface area (Å²) in [5.41, 5.74) is 5.72. The Bertz CT molecular complexity index is 988. The van der Waals surface area contributed by atoms with Crippen LogP contribution in [0.1, 0.15) is 52.4 Å². The molecule has 4 heteroatoms. The maximum absolute atomic E-state index is 12.6. The molecule has 0 aliphatic carbocycles. The first-order chi connectivity index (χ1) is 13.8. The Balaban J connectivity index is 1.67. The van der Waals surface area contributed by atoms with E-state index in [9.17, 15) is 4.79 Å². The Morgan fingerprint density at radius 2 is 1.76 bits per heavy atom. The van der Waals surface area contributed by atoms with Crippen molar-refractivity contribution in [1.29, 1.82) is 0 Å². The van der Waals surface area contributed by atoms with E-state index in [2.05, 4.69) is 57.3 Å². The molecule has 0 saturated carbocycles. The zero-order valence-corrected chi connectivity index (χ0v) is 18.0. The highest BCUT2D eigenvalue weighted by Crippen LogP contribution is 2.16. The van der Waals surface area contributed by atoms with Crippen LogP contribution in [0.3, 0.4) is 0 Å². The topological polar surface area (TPSA) is 46.7 Å². The Morgan fingerprint density at radius 3 is 2.45 bits per heavy atom. The van der Waals surface area contributed by atoms with E-state index in [1.807, 2.05) is 31.2 Å². The lowest BCUT2D eigenvalue weighted by Crippen LogP contribution is -3.12. The van der Waals surface area contributed by atoms with Crippen LogP contribution in [-0.4, -0.2) is 11.9 Å². The fourth-order valence-electron chi connectivity index (χ4n) is 3.39. The second-order valence-corrected chi connectivity index (χ2v) is 8.17. The molecule has 0 aliphatic heterocycles. The average Bonchev–Trinajstić information content (AvgIpc) is 3.13. The average molecular weight is 392 g/mol. The van der Waals surface area contributed by atoms with E-state index < -0.39 is 0 Å². The van der Waals surface area contributed by atoms with Gasteiger partial charge >= 0.3 is 0 Å². The molecule has 152 valence electrons. The molecule has 3 rings (SSSR count). The van der Waals surface area contributed by atoms with Crippen LogP contribution >= 0.6 is 0 Å². The number of carbonyl (C=O) groups is 1. The maximum Gasteiger partial charge on any atom is 0.291 e. The monoisotopic (exact) mass is 391 g/mol. The molecule has 0 fully saturated rings. The van der Waals surface area contributed by atoms with Gasteiger partial charge in [0.05, 0.1) is 6.04 Å². The standard InChI is InChI=1S/C25H30N2O2/c1-17(2)27(15-21-8-6-7-18(3)13-21)16-23-11-12-24(29-23)25(28)26-22-10-9-19(4)20(5)14-22/h6-14,17H,15-16H2,1-5H3,(H,26,28)/p+1. The number of hydrogen-bond donors (Lipinski definition) is 2. The minimum Gasteiger partial charge on any atom is -0.450 e. The Kier molecular flexibility index (Phi) is 6.55. The third-order valence-corrected chi connectivity index (χ3v) is 5.38. The van der Waals surface area contributed by atoms with Gasteiger partial charge in [-0.3, -0.25) is 4.79 Å². The SMILES string of the molecule is Cc1cccc(C[NH+](Cc2ccc(C(=O)Nc3ccc(C)c(C)c3)o2)C(C)C)c1. The number of aryl methyl sites for hydroxylation is 3. The number of anilines is 1. The van der Waals surface area contributed by atoms with Gasteiger partial charge in [0.25, 0.3) is 5.91 Å². The van der Waals surface area contributed by atoms with Gasteiger partial charge in [-0.2, -0.15) is 0 Å². The summed E-state index contributed by atoms with van der Waals surface area (Å²) in [6.45, 7) is 12.3. The molecule has 1 heterocycles. The Morgan fingerprint density at radius 1 is 0.966 bits per heavy atom. The normalized spacial score (nSPS) is 12.2. The van der Waals surface area contributed by atoms with Gasteiger partial charge in [-0.25, -0.2) is 0 Å². The smallest absolute Gasteiger partial charge is 0.291 e. The molecule has 0 saturated heterocycles. The number of nitrogens with one attached hydrogen (secondary N) is 2. The van der Waals surface area contributed by atoms with Crippen LogP contribution in [0.25, 0.3) is 0 Å². The van der Waals surface area contributed by atoms with Gasteiger partial charge in [-0.05, 0) is 70.0 Å². The quantitative estimate of drug-likeness (QED) is 0.625. The lowest BCUT2D eigenvalue weighted by atomic mass is 10.1. The molecule has 4 nitrogen and oxygen atoms in total. The van der Waals surface area contributed by atoms with Crippen LogP contribution in [0, 0.1) is 20.8 Å². The predicted molar refractivity (Wildman–Crippen MR) is 117 cm³/mol. The molecule has 0 aliphatic rings. The van der Waals surface area contributed by atoms with Gasteiger partial charge in [-0.15, -0.1) is 0 Å². The summed E-state index contributed by atoms with van der Waals surface area (Å²) in [6, 6.07) is 18.6. The van der Waals surface area contributed by atoms with E-state index in [-0.39, 0.29) is 5.91 Å². The fraction of sp³-hybridized carbons (Fsp3) is 0.320. The highest BCUT2D eigenvalue weighted by atomic mass is 16.4. The van der Waals surface area contributed by atoms with Crippen molar-refractivity contribution in [2.75, 3.05) is 5.32 Å². The van der Waals surface area contributed by atoms with Crippen LogP contribution in [-0.2, 0) is 13.1 Å². The van der Waals surface area contributed by atoms with E-state index in [0.29, 0.717) is 11.8 Å². The van der Waals surface area contributed by atoms with E-state index >= 15 is 0 Å². The van der Waals surface area contributed by atoms with Crippen molar-refractivity contribution in [2.45, 2.75) is 53.8 Å². The number of amides is 1. The second-order valence-electron chi connectivity index (χ2n) is 8.17. The molecular weight excluding hydrogens is 360 g/mol. The Hall–Kier alpha value is -2.85. The van der Waals surface area contributed by atoms with Crippen LogP contribution in [0.4, 0.5) is 5.69 Å². The third-order valence-electron chi connectivity index (χ3n) is 5.38.